The molecule has 0 aromatic heterocycles. The van der Waals surface area contributed by atoms with Gasteiger partial charge < -0.3 is 19.5 Å². The lowest BCUT2D eigenvalue weighted by Gasteiger charge is -2.30. The number of unbranched alkanes of at least 4 members (excludes halogenated alkanes) is 13. The molecule has 3 aromatic rings. The minimum atomic E-state index is -1.28. The summed E-state index contributed by atoms with van der Waals surface area (Å²) in [6, 6.07) is 23.7. The predicted molar refractivity (Wildman–Crippen MR) is 186 cm³/mol. The second-order valence-corrected chi connectivity index (χ2v) is 13.7. The third-order valence-corrected chi connectivity index (χ3v) is 9.17. The molecule has 1 N–H and O–H groups in total. The first-order valence-corrected chi connectivity index (χ1v) is 17.7. The zero-order valence-electron chi connectivity index (χ0n) is 27.8. The lowest BCUT2D eigenvalue weighted by atomic mass is 10.0. The van der Waals surface area contributed by atoms with Gasteiger partial charge in [-0.05, 0) is 31.0 Å². The monoisotopic (exact) mass is 633 g/mol. The highest BCUT2D eigenvalue weighted by molar-refractivity contribution is 7.99. The summed E-state index contributed by atoms with van der Waals surface area (Å²) < 4.78 is 1.11. The Morgan fingerprint density at radius 3 is 1.53 bits per heavy atom. The van der Waals surface area contributed by atoms with E-state index in [4.69, 9.17) is 5.11 Å². The molecule has 0 fully saturated rings. The van der Waals surface area contributed by atoms with Gasteiger partial charge in [0.1, 0.15) is 6.54 Å². The molecule has 0 aliphatic heterocycles. The minimum absolute atomic E-state index is 0.0488. The standard InChI is InChI=1S/C25H46N.C14H10O4S/c1-4-5-6-7-8-9-10-11-12-13-14-15-16-20-23-26(2,3)24-25-21-18-17-19-22-25;15-13(16)9-5-1-3-7-11(9)19-12-8-4-2-6-10(12)14(17)18/h17-19,21-22H,4-16,20,23-24H2,1-3H3;1-8H,(H,15,16)(H,17,18)/q+1;/p-1. The van der Waals surface area contributed by atoms with Crippen LogP contribution in [0, 0.1) is 0 Å². The number of carbonyl (C=O) groups is 2. The number of nitrogens with zero attached hydrogens (tertiary/aromatic N) is 1. The first-order valence-electron chi connectivity index (χ1n) is 16.9. The Hall–Kier alpha value is -3.09. The third kappa shape index (κ3) is 16.7. The van der Waals surface area contributed by atoms with E-state index in [1.54, 1.807) is 36.4 Å². The number of carbonyl (C=O) groups excluding carboxylic acids is 1. The molecule has 0 aliphatic rings. The van der Waals surface area contributed by atoms with Gasteiger partial charge >= 0.3 is 5.97 Å². The van der Waals surface area contributed by atoms with Crippen LogP contribution in [0.1, 0.15) is 123 Å². The quantitative estimate of drug-likeness (QED) is 0.0934. The number of carboxylic acid groups (broad SMARTS) is 2. The molecule has 0 saturated carbocycles. The summed E-state index contributed by atoms with van der Waals surface area (Å²) in [5, 5.41) is 20.1. The summed E-state index contributed by atoms with van der Waals surface area (Å²) in [7, 11) is 4.74. The maximum Gasteiger partial charge on any atom is 0.336 e. The highest BCUT2D eigenvalue weighted by atomic mass is 32.2. The van der Waals surface area contributed by atoms with Gasteiger partial charge in [-0.1, -0.05) is 156 Å². The lowest BCUT2D eigenvalue weighted by Crippen LogP contribution is -2.39. The molecule has 0 heterocycles. The van der Waals surface area contributed by atoms with Gasteiger partial charge in [0.25, 0.3) is 0 Å². The summed E-state index contributed by atoms with van der Waals surface area (Å²) in [5.74, 6) is -2.33. The second kappa shape index (κ2) is 22.4. The molecule has 45 heavy (non-hydrogen) atoms. The molecule has 246 valence electrons. The Morgan fingerprint density at radius 1 is 0.622 bits per heavy atom. The third-order valence-electron chi connectivity index (χ3n) is 8.01. The van der Waals surface area contributed by atoms with Gasteiger partial charge in [0.15, 0.2) is 0 Å². The van der Waals surface area contributed by atoms with E-state index in [0.717, 1.165) is 22.8 Å². The Morgan fingerprint density at radius 2 is 1.04 bits per heavy atom. The van der Waals surface area contributed by atoms with Crippen LogP contribution in [-0.2, 0) is 6.54 Å². The minimum Gasteiger partial charge on any atom is -0.545 e. The zero-order valence-corrected chi connectivity index (χ0v) is 28.7. The fourth-order valence-corrected chi connectivity index (χ4v) is 6.52. The average Bonchev–Trinajstić information content (AvgIpc) is 3.02. The smallest absolute Gasteiger partial charge is 0.336 e. The first-order chi connectivity index (χ1) is 21.7. The molecule has 0 amide bonds. The Balaban J connectivity index is 0.000000328. The summed E-state index contributed by atoms with van der Waals surface area (Å²) in [6.07, 6.45) is 20.2. The topological polar surface area (TPSA) is 77.4 Å². The van der Waals surface area contributed by atoms with Gasteiger partial charge in [0.2, 0.25) is 0 Å². The van der Waals surface area contributed by atoms with Crippen LogP contribution in [0.4, 0.5) is 0 Å². The number of quaternary nitrogens is 1. The highest BCUT2D eigenvalue weighted by Gasteiger charge is 2.15. The first kappa shape index (κ1) is 38.1. The molecule has 6 heteroatoms. The van der Waals surface area contributed by atoms with E-state index in [1.807, 2.05) is 0 Å². The normalized spacial score (nSPS) is 11.1. The van der Waals surface area contributed by atoms with Crippen LogP contribution < -0.4 is 5.11 Å². The summed E-state index contributed by atoms with van der Waals surface area (Å²) in [6.45, 7) is 4.75. The maximum atomic E-state index is 11.1. The summed E-state index contributed by atoms with van der Waals surface area (Å²) in [5.41, 5.74) is 1.65. The van der Waals surface area contributed by atoms with Crippen molar-refractivity contribution in [1.82, 2.24) is 0 Å². The van der Waals surface area contributed by atoms with Crippen molar-refractivity contribution in [3.63, 3.8) is 0 Å². The summed E-state index contributed by atoms with van der Waals surface area (Å²) in [4.78, 5) is 23.0. The molecule has 0 spiro atoms. The van der Waals surface area contributed by atoms with Gasteiger partial charge in [-0.2, -0.15) is 0 Å². The fraction of sp³-hybridized carbons (Fsp3) is 0.487. The van der Waals surface area contributed by atoms with E-state index in [-0.39, 0.29) is 11.1 Å². The number of hydrogen-bond acceptors (Lipinski definition) is 4. The molecular weight excluding hydrogens is 578 g/mol. The number of hydrogen-bond donors (Lipinski definition) is 1. The highest BCUT2D eigenvalue weighted by Crippen LogP contribution is 2.32. The molecule has 3 aromatic carbocycles. The van der Waals surface area contributed by atoms with E-state index >= 15 is 0 Å². The van der Waals surface area contributed by atoms with E-state index in [1.165, 1.54) is 114 Å². The van der Waals surface area contributed by atoms with Gasteiger partial charge in [-0.15, -0.1) is 0 Å². The van der Waals surface area contributed by atoms with Crippen molar-refractivity contribution in [2.45, 2.75) is 113 Å². The van der Waals surface area contributed by atoms with Crippen LogP contribution in [-0.4, -0.2) is 42.2 Å². The number of rotatable bonds is 21. The summed E-state index contributed by atoms with van der Waals surface area (Å²) >= 11 is 1.10. The SMILES string of the molecule is CCCCCCCCCCCCCCCC[N+](C)(C)Cc1ccccc1.O=C([O-])c1ccccc1Sc1ccccc1C(=O)O. The van der Waals surface area contributed by atoms with Crippen molar-refractivity contribution >= 4 is 23.7 Å². The largest absolute Gasteiger partial charge is 0.545 e. The Kier molecular flexibility index (Phi) is 19.0. The molecule has 5 nitrogen and oxygen atoms in total. The van der Waals surface area contributed by atoms with Crippen LogP contribution in [0.3, 0.4) is 0 Å². The Labute approximate surface area is 276 Å². The van der Waals surface area contributed by atoms with E-state index in [9.17, 15) is 14.7 Å². The van der Waals surface area contributed by atoms with Crippen LogP contribution in [0.5, 0.6) is 0 Å². The molecule has 0 radical (unpaired) electrons. The fourth-order valence-electron chi connectivity index (χ4n) is 5.47. The zero-order chi connectivity index (χ0) is 32.8. The van der Waals surface area contributed by atoms with Crippen molar-refractivity contribution in [2.75, 3.05) is 20.6 Å². The molecule has 0 aliphatic carbocycles. The van der Waals surface area contributed by atoms with Crippen molar-refractivity contribution in [3.8, 4) is 0 Å². The lowest BCUT2D eigenvalue weighted by molar-refractivity contribution is -0.903. The van der Waals surface area contributed by atoms with Crippen LogP contribution in [0.25, 0.3) is 0 Å². The van der Waals surface area contributed by atoms with Crippen LogP contribution in [0.15, 0.2) is 88.7 Å². The molecule has 0 atom stereocenters. The van der Waals surface area contributed by atoms with E-state index in [0.29, 0.717) is 9.79 Å². The number of benzene rings is 3. The van der Waals surface area contributed by atoms with Crippen molar-refractivity contribution in [1.29, 1.82) is 0 Å². The van der Waals surface area contributed by atoms with Crippen LogP contribution in [0.2, 0.25) is 0 Å². The molecule has 0 bridgehead atoms. The molecule has 0 saturated heterocycles. The van der Waals surface area contributed by atoms with Gasteiger partial charge in [0, 0.05) is 20.9 Å². The Bertz CT molecular complexity index is 1190. The van der Waals surface area contributed by atoms with E-state index < -0.39 is 11.9 Å². The second-order valence-electron chi connectivity index (χ2n) is 12.6. The maximum absolute atomic E-state index is 11.1. The van der Waals surface area contributed by atoms with Gasteiger partial charge in [0.05, 0.1) is 32.2 Å². The van der Waals surface area contributed by atoms with E-state index in [2.05, 4.69) is 51.4 Å². The average molecular weight is 634 g/mol. The molecule has 3 rings (SSSR count). The molecular formula is C39H55NO4S. The van der Waals surface area contributed by atoms with Crippen LogP contribution >= 0.6 is 11.8 Å². The van der Waals surface area contributed by atoms with Crippen molar-refractivity contribution < 1.29 is 24.3 Å². The van der Waals surface area contributed by atoms with Crippen molar-refractivity contribution in [2.24, 2.45) is 0 Å². The van der Waals surface area contributed by atoms with Gasteiger partial charge in [-0.25, -0.2) is 4.79 Å². The number of aromatic carboxylic acids is 2. The van der Waals surface area contributed by atoms with Crippen molar-refractivity contribution in [3.05, 3.63) is 95.6 Å². The van der Waals surface area contributed by atoms with Gasteiger partial charge in [-0.3, -0.25) is 0 Å². The molecule has 0 unspecified atom stereocenters. The predicted octanol–water partition coefficient (Wildman–Crippen LogP) is 9.64. The number of carboxylic acids is 2.